The average Bonchev–Trinajstić information content (AvgIpc) is 3.03. The van der Waals surface area contributed by atoms with E-state index in [0.717, 1.165) is 29.0 Å². The van der Waals surface area contributed by atoms with E-state index in [1.54, 1.807) is 23.9 Å². The molecule has 0 radical (unpaired) electrons. The van der Waals surface area contributed by atoms with E-state index in [4.69, 9.17) is 5.10 Å². The summed E-state index contributed by atoms with van der Waals surface area (Å²) in [5, 5.41) is 6.60. The topological polar surface area (TPSA) is 29.6 Å². The number of hydrogen-bond donors (Lipinski definition) is 0. The molecule has 3 rings (SSSR count). The van der Waals surface area contributed by atoms with Gasteiger partial charge in [0.1, 0.15) is 5.82 Å². The second-order valence-electron chi connectivity index (χ2n) is 5.74. The molecule has 0 aliphatic heterocycles. The molecule has 1 aromatic heterocycles. The van der Waals surface area contributed by atoms with Gasteiger partial charge in [-0.2, -0.15) is 5.10 Å². The molecule has 0 bridgehead atoms. The molecule has 25 heavy (non-hydrogen) atoms. The lowest BCUT2D eigenvalue weighted by Gasteiger charge is -2.07. The van der Waals surface area contributed by atoms with Crippen molar-refractivity contribution < 1.29 is 4.39 Å². The Labute approximate surface area is 150 Å². The van der Waals surface area contributed by atoms with Crippen molar-refractivity contribution in [1.82, 2.24) is 4.68 Å². The smallest absolute Gasteiger partial charge is 0.205 e. The van der Waals surface area contributed by atoms with Crippen molar-refractivity contribution in [2.75, 3.05) is 7.05 Å². The summed E-state index contributed by atoms with van der Waals surface area (Å²) in [5.74, 6) is -0.256. The summed E-state index contributed by atoms with van der Waals surface area (Å²) in [4.78, 5) is 5.02. The first-order valence-corrected chi connectivity index (χ1v) is 9.03. The standard InChI is InChI=1S/C20H20FN3S/c1-15(12-13-16-8-4-3-5-9-16)23-24-19(14-25-20(24)22-2)17-10-6-7-11-18(17)21/h3-11,14H,12-13H2,1-2H3. The first kappa shape index (κ1) is 17.3. The highest BCUT2D eigenvalue weighted by Gasteiger charge is 2.11. The van der Waals surface area contributed by atoms with Gasteiger partial charge >= 0.3 is 0 Å². The van der Waals surface area contributed by atoms with Crippen LogP contribution >= 0.6 is 11.3 Å². The largest absolute Gasteiger partial charge is 0.261 e. The zero-order chi connectivity index (χ0) is 17.6. The molecular weight excluding hydrogens is 333 g/mol. The van der Waals surface area contributed by atoms with Gasteiger partial charge < -0.3 is 0 Å². The van der Waals surface area contributed by atoms with Gasteiger partial charge in [-0.15, -0.1) is 11.3 Å². The molecule has 0 aliphatic rings. The number of nitrogens with zero attached hydrogens (tertiary/aromatic N) is 3. The van der Waals surface area contributed by atoms with Crippen molar-refractivity contribution in [2.45, 2.75) is 19.8 Å². The third kappa shape index (κ3) is 4.12. The predicted molar refractivity (Wildman–Crippen MR) is 102 cm³/mol. The van der Waals surface area contributed by atoms with Crippen molar-refractivity contribution in [3.8, 4) is 11.3 Å². The fourth-order valence-electron chi connectivity index (χ4n) is 2.59. The minimum atomic E-state index is -0.256. The van der Waals surface area contributed by atoms with Gasteiger partial charge in [0.15, 0.2) is 0 Å². The molecule has 3 aromatic rings. The third-order valence-corrected chi connectivity index (χ3v) is 4.82. The quantitative estimate of drug-likeness (QED) is 0.593. The fourth-order valence-corrected chi connectivity index (χ4v) is 3.38. The van der Waals surface area contributed by atoms with Crippen LogP contribution in [0.4, 0.5) is 4.39 Å². The van der Waals surface area contributed by atoms with E-state index in [1.807, 2.05) is 36.6 Å². The SMILES string of the molecule is CN=c1scc(-c2ccccc2F)n1N=C(C)CCc1ccccc1. The van der Waals surface area contributed by atoms with E-state index in [1.165, 1.54) is 23.0 Å². The highest BCUT2D eigenvalue weighted by Crippen LogP contribution is 2.23. The summed E-state index contributed by atoms with van der Waals surface area (Å²) in [6.45, 7) is 2.00. The van der Waals surface area contributed by atoms with Crippen molar-refractivity contribution in [2.24, 2.45) is 10.1 Å². The van der Waals surface area contributed by atoms with Gasteiger partial charge in [-0.25, -0.2) is 9.07 Å². The van der Waals surface area contributed by atoms with Gasteiger partial charge in [0.05, 0.1) is 5.69 Å². The van der Waals surface area contributed by atoms with E-state index in [-0.39, 0.29) is 5.82 Å². The molecule has 0 aliphatic carbocycles. The van der Waals surface area contributed by atoms with Crippen molar-refractivity contribution in [3.63, 3.8) is 0 Å². The number of hydrogen-bond acceptors (Lipinski definition) is 3. The molecule has 0 unspecified atom stereocenters. The number of aromatic nitrogens is 1. The lowest BCUT2D eigenvalue weighted by molar-refractivity contribution is 0.629. The lowest BCUT2D eigenvalue weighted by Crippen LogP contribution is -2.14. The first-order valence-electron chi connectivity index (χ1n) is 8.15. The molecular formula is C20H20FN3S. The Morgan fingerprint density at radius 1 is 1.08 bits per heavy atom. The first-order chi connectivity index (χ1) is 12.2. The highest BCUT2D eigenvalue weighted by atomic mass is 32.1. The summed E-state index contributed by atoms with van der Waals surface area (Å²) in [7, 11) is 1.72. The maximum absolute atomic E-state index is 14.2. The monoisotopic (exact) mass is 353 g/mol. The number of rotatable bonds is 5. The maximum atomic E-state index is 14.2. The van der Waals surface area contributed by atoms with Crippen LogP contribution in [0.15, 0.2) is 70.1 Å². The molecule has 5 heteroatoms. The third-order valence-electron chi connectivity index (χ3n) is 3.92. The fraction of sp³-hybridized carbons (Fsp3) is 0.200. The normalized spacial score (nSPS) is 12.6. The Hall–Kier alpha value is -2.53. The maximum Gasteiger partial charge on any atom is 0.205 e. The molecule has 128 valence electrons. The minimum absolute atomic E-state index is 0.256. The van der Waals surface area contributed by atoms with Gasteiger partial charge in [-0.3, -0.25) is 4.99 Å². The Balaban J connectivity index is 1.91. The summed E-state index contributed by atoms with van der Waals surface area (Å²) in [5.41, 5.74) is 3.52. The molecule has 0 N–H and O–H groups in total. The number of halogens is 1. The van der Waals surface area contributed by atoms with Gasteiger partial charge in [-0.05, 0) is 37.5 Å². The van der Waals surface area contributed by atoms with Crippen molar-refractivity contribution in [3.05, 3.63) is 76.2 Å². The van der Waals surface area contributed by atoms with Crippen LogP contribution in [0.5, 0.6) is 0 Å². The van der Waals surface area contributed by atoms with Crippen LogP contribution in [0.2, 0.25) is 0 Å². The van der Waals surface area contributed by atoms with Crippen LogP contribution in [0.25, 0.3) is 11.3 Å². The Kier molecular flexibility index (Phi) is 5.56. The average molecular weight is 353 g/mol. The summed E-state index contributed by atoms with van der Waals surface area (Å²) in [6, 6.07) is 17.1. The molecule has 2 aromatic carbocycles. The zero-order valence-electron chi connectivity index (χ0n) is 14.3. The lowest BCUT2D eigenvalue weighted by atomic mass is 10.1. The van der Waals surface area contributed by atoms with Crippen LogP contribution < -0.4 is 4.80 Å². The van der Waals surface area contributed by atoms with Crippen molar-refractivity contribution >= 4 is 17.0 Å². The summed E-state index contributed by atoms with van der Waals surface area (Å²) < 4.78 is 15.9. The van der Waals surface area contributed by atoms with Crippen molar-refractivity contribution in [1.29, 1.82) is 0 Å². The molecule has 0 atom stereocenters. The second-order valence-corrected chi connectivity index (χ2v) is 6.58. The van der Waals surface area contributed by atoms with E-state index in [0.29, 0.717) is 5.56 Å². The summed E-state index contributed by atoms with van der Waals surface area (Å²) in [6.07, 6.45) is 1.77. The predicted octanol–water partition coefficient (Wildman–Crippen LogP) is 4.74. The van der Waals surface area contributed by atoms with E-state index in [9.17, 15) is 4.39 Å². The zero-order valence-corrected chi connectivity index (χ0v) is 15.1. The van der Waals surface area contributed by atoms with Crippen LogP contribution in [0.3, 0.4) is 0 Å². The van der Waals surface area contributed by atoms with Crippen LogP contribution in [0, 0.1) is 5.82 Å². The van der Waals surface area contributed by atoms with Crippen LogP contribution in [-0.2, 0) is 6.42 Å². The number of thiazole rings is 1. The number of aryl methyl sites for hydroxylation is 1. The molecule has 3 nitrogen and oxygen atoms in total. The molecule has 0 amide bonds. The van der Waals surface area contributed by atoms with E-state index >= 15 is 0 Å². The molecule has 1 heterocycles. The minimum Gasteiger partial charge on any atom is -0.261 e. The molecule has 0 saturated heterocycles. The Morgan fingerprint density at radius 2 is 1.80 bits per heavy atom. The van der Waals surface area contributed by atoms with Gasteiger partial charge in [-0.1, -0.05) is 42.5 Å². The van der Waals surface area contributed by atoms with E-state index < -0.39 is 0 Å². The second kappa shape index (κ2) is 8.03. The van der Waals surface area contributed by atoms with Gasteiger partial charge in [0.2, 0.25) is 4.80 Å². The Bertz CT molecular complexity index is 939. The van der Waals surface area contributed by atoms with Gasteiger partial charge in [0, 0.05) is 23.7 Å². The van der Waals surface area contributed by atoms with Crippen LogP contribution in [-0.4, -0.2) is 17.4 Å². The summed E-state index contributed by atoms with van der Waals surface area (Å²) >= 11 is 1.46. The van der Waals surface area contributed by atoms with E-state index in [2.05, 4.69) is 17.1 Å². The number of benzene rings is 2. The molecule has 0 spiro atoms. The van der Waals surface area contributed by atoms with Gasteiger partial charge in [0.25, 0.3) is 0 Å². The molecule has 0 saturated carbocycles. The highest BCUT2D eigenvalue weighted by molar-refractivity contribution is 7.07. The molecule has 0 fully saturated rings. The Morgan fingerprint density at radius 3 is 2.52 bits per heavy atom. The van der Waals surface area contributed by atoms with Crippen LogP contribution in [0.1, 0.15) is 18.9 Å².